The average Bonchev–Trinajstić information content (AvgIpc) is 2.56. The lowest BCUT2D eigenvalue weighted by molar-refractivity contribution is -0.870. The summed E-state index contributed by atoms with van der Waals surface area (Å²) in [6.45, 7) is 7.29. The van der Waals surface area contributed by atoms with E-state index in [0.717, 1.165) is 0 Å². The van der Waals surface area contributed by atoms with Crippen LogP contribution in [0, 0.1) is 0 Å². The molecule has 0 heterocycles. The van der Waals surface area contributed by atoms with Crippen LogP contribution in [0.3, 0.4) is 0 Å². The van der Waals surface area contributed by atoms with Crippen molar-refractivity contribution in [3.05, 3.63) is 0 Å². The van der Waals surface area contributed by atoms with Crippen LogP contribution in [0.2, 0.25) is 6.04 Å². The Morgan fingerprint density at radius 2 is 1.57 bits per heavy atom. The first-order chi connectivity index (χ1) is 13.0. The number of hydrogen-bond acceptors (Lipinski definition) is 8. The molecule has 0 saturated carbocycles. The molecule has 12 heteroatoms. The van der Waals surface area contributed by atoms with Gasteiger partial charge in [0, 0.05) is 32.4 Å². The monoisotopic (exact) mass is 444 g/mol. The number of quaternary nitrogens is 1. The molecule has 0 aromatic rings. The summed E-state index contributed by atoms with van der Waals surface area (Å²) < 4.78 is 38.8. The second-order valence-corrected chi connectivity index (χ2v) is 11.1. The lowest BCUT2D eigenvalue weighted by atomic mass is 10.4. The predicted molar refractivity (Wildman–Crippen MR) is 105 cm³/mol. The summed E-state index contributed by atoms with van der Waals surface area (Å²) in [4.78, 5) is 23.4. The van der Waals surface area contributed by atoms with Crippen LogP contribution in [0.15, 0.2) is 0 Å². The fraction of sp³-hybridized carbons (Fsp3) is 0.938. The molecule has 0 fully saturated rings. The summed E-state index contributed by atoms with van der Waals surface area (Å²) in [5.74, 6) is -0.539. The predicted octanol–water partition coefficient (Wildman–Crippen LogP) is 0.749. The van der Waals surface area contributed by atoms with Gasteiger partial charge >= 0.3 is 8.80 Å². The third-order valence-corrected chi connectivity index (χ3v) is 7.54. The second kappa shape index (κ2) is 13.8. The molecule has 1 atom stereocenters. The summed E-state index contributed by atoms with van der Waals surface area (Å²) in [6, 6.07) is 0.553. The quantitative estimate of drug-likeness (QED) is 0.151. The molecule has 0 aromatic heterocycles. The molecule has 1 unspecified atom stereocenters. The number of hydrogen-bond donors (Lipinski definition) is 1. The summed E-state index contributed by atoms with van der Waals surface area (Å²) in [5, 5.41) is 2.61. The van der Waals surface area contributed by atoms with Crippen LogP contribution in [0.4, 0.5) is 0 Å². The largest absolute Gasteiger partial charge is 0.756 e. The molecule has 1 N–H and O–H groups in total. The molecule has 10 nitrogen and oxygen atoms in total. The van der Waals surface area contributed by atoms with Crippen molar-refractivity contribution < 1.29 is 41.1 Å². The number of phosphoric ester groups is 1. The van der Waals surface area contributed by atoms with Gasteiger partial charge in [0.15, 0.2) is 0 Å². The molecule has 0 aromatic carbocycles. The maximum atomic E-state index is 11.8. The molecule has 0 aliphatic heterocycles. The van der Waals surface area contributed by atoms with E-state index < -0.39 is 29.1 Å². The van der Waals surface area contributed by atoms with Gasteiger partial charge in [0.2, 0.25) is 5.91 Å². The number of carbonyl (C=O) groups excluding carboxylic acids is 1. The Labute approximate surface area is 170 Å². The molecule has 0 aliphatic rings. The molecule has 28 heavy (non-hydrogen) atoms. The Hall–Kier alpha value is -0.363. The molecule has 168 valence electrons. The third kappa shape index (κ3) is 13.8. The van der Waals surface area contributed by atoms with E-state index >= 15 is 0 Å². The summed E-state index contributed by atoms with van der Waals surface area (Å²) in [6.07, 6.45) is 0.576. The first-order valence-corrected chi connectivity index (χ1v) is 13.0. The van der Waals surface area contributed by atoms with Gasteiger partial charge in [-0.3, -0.25) is 9.36 Å². The highest BCUT2D eigenvalue weighted by Crippen LogP contribution is 2.37. The van der Waals surface area contributed by atoms with Gasteiger partial charge in [0.05, 0.1) is 21.1 Å². The minimum atomic E-state index is -4.50. The van der Waals surface area contributed by atoms with Crippen LogP contribution in [0.1, 0.15) is 27.2 Å². The fourth-order valence-corrected chi connectivity index (χ4v) is 5.45. The molecule has 0 aliphatic carbocycles. The van der Waals surface area contributed by atoms with Gasteiger partial charge in [-0.15, -0.1) is 0 Å². The minimum Gasteiger partial charge on any atom is -0.756 e. The number of likely N-dealkylation sites (N-methyl/N-ethyl adjacent to an activating group) is 1. The van der Waals surface area contributed by atoms with Crippen LogP contribution in [0.5, 0.6) is 0 Å². The molecular weight excluding hydrogens is 407 g/mol. The number of rotatable bonds is 17. The molecule has 0 saturated heterocycles. The Bertz CT molecular complexity index is 473. The standard InChI is InChI=1S/C16H37N2O8PSi/c1-7-24-28(25-8-2,26-9-3)14-10-11-17-16(19)15-23-27(20,21)22-13-12-18(4,5)6/h7-15H2,1-6H3,(H-,17,19,20,21). The summed E-state index contributed by atoms with van der Waals surface area (Å²) >= 11 is 0. The van der Waals surface area contributed by atoms with Crippen molar-refractivity contribution in [3.63, 3.8) is 0 Å². The van der Waals surface area contributed by atoms with Crippen LogP contribution < -0.4 is 10.2 Å². The lowest BCUT2D eigenvalue weighted by Gasteiger charge is -2.28. The van der Waals surface area contributed by atoms with E-state index in [1.165, 1.54) is 0 Å². The second-order valence-electron chi connectivity index (χ2n) is 7.00. The highest BCUT2D eigenvalue weighted by molar-refractivity contribution is 7.45. The van der Waals surface area contributed by atoms with Crippen LogP contribution in [0.25, 0.3) is 0 Å². The Balaban J connectivity index is 4.21. The first-order valence-electron chi connectivity index (χ1n) is 9.58. The maximum Gasteiger partial charge on any atom is 0.500 e. The molecule has 0 bridgehead atoms. The van der Waals surface area contributed by atoms with Gasteiger partial charge in [0.25, 0.3) is 7.82 Å². The number of nitrogens with one attached hydrogen (secondary N) is 1. The molecule has 0 rings (SSSR count). The normalized spacial score (nSPS) is 14.7. The zero-order valence-electron chi connectivity index (χ0n) is 18.0. The third-order valence-electron chi connectivity index (χ3n) is 3.44. The topological polar surface area (TPSA) is 115 Å². The van der Waals surface area contributed by atoms with E-state index in [0.29, 0.717) is 49.9 Å². The van der Waals surface area contributed by atoms with Crippen molar-refractivity contribution in [3.8, 4) is 0 Å². The number of nitrogens with zero attached hydrogens (tertiary/aromatic N) is 1. The van der Waals surface area contributed by atoms with Crippen molar-refractivity contribution in [1.82, 2.24) is 5.32 Å². The summed E-state index contributed by atoms with van der Waals surface area (Å²) in [7, 11) is -1.51. The number of amides is 1. The van der Waals surface area contributed by atoms with Gasteiger partial charge in [-0.1, -0.05) is 0 Å². The molecule has 0 radical (unpaired) electrons. The minimum absolute atomic E-state index is 0.00903. The highest BCUT2D eigenvalue weighted by Gasteiger charge is 2.39. The highest BCUT2D eigenvalue weighted by atomic mass is 31.2. The molecule has 0 spiro atoms. The van der Waals surface area contributed by atoms with Crippen LogP contribution >= 0.6 is 7.82 Å². The van der Waals surface area contributed by atoms with E-state index in [1.54, 1.807) is 0 Å². The van der Waals surface area contributed by atoms with Gasteiger partial charge in [-0.05, 0) is 27.2 Å². The average molecular weight is 445 g/mol. The van der Waals surface area contributed by atoms with E-state index in [9.17, 15) is 14.3 Å². The van der Waals surface area contributed by atoms with Gasteiger partial charge in [-0.2, -0.15) is 0 Å². The zero-order valence-corrected chi connectivity index (χ0v) is 19.9. The van der Waals surface area contributed by atoms with Crippen molar-refractivity contribution in [2.75, 3.05) is 67.3 Å². The van der Waals surface area contributed by atoms with Crippen molar-refractivity contribution in [1.29, 1.82) is 0 Å². The lowest BCUT2D eigenvalue weighted by Crippen LogP contribution is -2.46. The van der Waals surface area contributed by atoms with Gasteiger partial charge < -0.3 is 37.0 Å². The van der Waals surface area contributed by atoms with Crippen molar-refractivity contribution >= 4 is 22.5 Å². The molecule has 1 amide bonds. The smallest absolute Gasteiger partial charge is 0.500 e. The van der Waals surface area contributed by atoms with Crippen LogP contribution in [-0.2, 0) is 31.7 Å². The Morgan fingerprint density at radius 1 is 1.04 bits per heavy atom. The fourth-order valence-electron chi connectivity index (χ4n) is 2.19. The van der Waals surface area contributed by atoms with Crippen molar-refractivity contribution in [2.24, 2.45) is 0 Å². The SMILES string of the molecule is CCO[Si](CCCNC(=O)COP(=O)([O-])OCC[N+](C)(C)C)(OCC)OCC. The zero-order chi connectivity index (χ0) is 21.7. The molecular formula is C16H37N2O8PSi. The summed E-state index contributed by atoms with van der Waals surface area (Å²) in [5.41, 5.74) is 0. The number of phosphoric acid groups is 1. The number of carbonyl (C=O) groups is 1. The van der Waals surface area contributed by atoms with E-state index in [2.05, 4.69) is 9.84 Å². The van der Waals surface area contributed by atoms with Gasteiger partial charge in [0.1, 0.15) is 19.8 Å². The maximum absolute atomic E-state index is 11.8. The van der Waals surface area contributed by atoms with Gasteiger partial charge in [-0.25, -0.2) is 0 Å². The first kappa shape index (κ1) is 27.6. The van der Waals surface area contributed by atoms with E-state index in [4.69, 9.17) is 17.8 Å². The van der Waals surface area contributed by atoms with E-state index in [1.807, 2.05) is 41.9 Å². The Morgan fingerprint density at radius 3 is 2.04 bits per heavy atom. The van der Waals surface area contributed by atoms with E-state index in [-0.39, 0.29) is 6.61 Å². The van der Waals surface area contributed by atoms with Crippen LogP contribution in [-0.4, -0.2) is 86.5 Å². The Kier molecular flexibility index (Phi) is 13.6. The van der Waals surface area contributed by atoms with Crippen molar-refractivity contribution in [2.45, 2.75) is 33.2 Å².